The lowest BCUT2D eigenvalue weighted by Crippen LogP contribution is -2.44. The number of nitrogens with zero attached hydrogens (tertiary/aromatic N) is 2. The molecule has 1 aliphatic heterocycles. The number of hydrogen-bond acceptors (Lipinski definition) is 4. The van der Waals surface area contributed by atoms with Crippen molar-refractivity contribution < 1.29 is 8.42 Å². The minimum atomic E-state index is -3.24. The molecular formula is C16H25Cl2IN4O2S2. The van der Waals surface area contributed by atoms with Gasteiger partial charge in [-0.05, 0) is 24.6 Å². The molecule has 1 aromatic carbocycles. The lowest BCUT2D eigenvalue weighted by atomic mass is 10.1. The van der Waals surface area contributed by atoms with Gasteiger partial charge >= 0.3 is 0 Å². The van der Waals surface area contributed by atoms with Gasteiger partial charge in [-0.1, -0.05) is 29.3 Å². The Morgan fingerprint density at radius 2 is 1.96 bits per heavy atom. The van der Waals surface area contributed by atoms with Crippen LogP contribution in [-0.4, -0.2) is 62.6 Å². The Balaban J connectivity index is 0.00000364. The van der Waals surface area contributed by atoms with Gasteiger partial charge in [-0.3, -0.25) is 4.99 Å². The maximum absolute atomic E-state index is 12.4. The van der Waals surface area contributed by atoms with E-state index < -0.39 is 10.0 Å². The van der Waals surface area contributed by atoms with E-state index in [0.717, 1.165) is 17.1 Å². The van der Waals surface area contributed by atoms with Crippen LogP contribution in [0.3, 0.4) is 0 Å². The van der Waals surface area contributed by atoms with Crippen molar-refractivity contribution in [3.63, 3.8) is 0 Å². The van der Waals surface area contributed by atoms with E-state index >= 15 is 0 Å². The minimum absolute atomic E-state index is 0. The summed E-state index contributed by atoms with van der Waals surface area (Å²) in [6, 6.07) is 5.37. The van der Waals surface area contributed by atoms with Gasteiger partial charge in [0.1, 0.15) is 0 Å². The van der Waals surface area contributed by atoms with Crippen LogP contribution in [0.15, 0.2) is 23.2 Å². The van der Waals surface area contributed by atoms with E-state index in [0.29, 0.717) is 35.6 Å². The van der Waals surface area contributed by atoms with Gasteiger partial charge < -0.3 is 10.6 Å². The van der Waals surface area contributed by atoms with Crippen molar-refractivity contribution in [2.75, 3.05) is 43.9 Å². The van der Waals surface area contributed by atoms with Crippen molar-refractivity contribution >= 4 is 74.9 Å². The first-order valence-electron chi connectivity index (χ1n) is 8.31. The Morgan fingerprint density at radius 3 is 2.56 bits per heavy atom. The molecule has 2 rings (SSSR count). The van der Waals surface area contributed by atoms with Crippen molar-refractivity contribution in [1.82, 2.24) is 14.9 Å². The molecule has 1 atom stereocenters. The summed E-state index contributed by atoms with van der Waals surface area (Å²) < 4.78 is 26.3. The number of hydrogen-bond donors (Lipinski definition) is 2. The second-order valence-electron chi connectivity index (χ2n) is 5.87. The number of nitrogens with one attached hydrogen (secondary N) is 2. The van der Waals surface area contributed by atoms with Crippen LogP contribution in [0.25, 0.3) is 0 Å². The molecule has 1 saturated heterocycles. The number of thioether (sulfide) groups is 1. The molecule has 0 aliphatic carbocycles. The Bertz CT molecular complexity index is 744. The molecule has 6 nitrogen and oxygen atoms in total. The highest BCUT2D eigenvalue weighted by Crippen LogP contribution is 2.25. The van der Waals surface area contributed by atoms with Gasteiger partial charge in [0.15, 0.2) is 5.96 Å². The summed E-state index contributed by atoms with van der Waals surface area (Å²) in [6.07, 6.45) is 0. The summed E-state index contributed by atoms with van der Waals surface area (Å²) in [5.41, 5.74) is 0.959. The molecule has 1 aliphatic rings. The Hall–Kier alpha value is 0.0600. The first kappa shape index (κ1) is 25.1. The van der Waals surface area contributed by atoms with Gasteiger partial charge in [0.25, 0.3) is 0 Å². The number of sulfonamides is 1. The smallest absolute Gasteiger partial charge is 0.215 e. The molecule has 0 radical (unpaired) electrons. The quantitative estimate of drug-likeness (QED) is 0.314. The maximum atomic E-state index is 12.4. The number of benzene rings is 1. The fraction of sp³-hybridized carbons (Fsp3) is 0.562. The number of halogens is 3. The third kappa shape index (κ3) is 7.77. The molecule has 154 valence electrons. The molecule has 0 spiro atoms. The van der Waals surface area contributed by atoms with E-state index in [9.17, 15) is 8.42 Å². The zero-order valence-corrected chi connectivity index (χ0v) is 20.7. The highest BCUT2D eigenvalue weighted by Gasteiger charge is 2.23. The predicted molar refractivity (Wildman–Crippen MR) is 127 cm³/mol. The van der Waals surface area contributed by atoms with Crippen LogP contribution >= 0.6 is 58.9 Å². The van der Waals surface area contributed by atoms with E-state index in [1.54, 1.807) is 35.2 Å². The summed E-state index contributed by atoms with van der Waals surface area (Å²) >= 11 is 13.8. The number of aliphatic imine (C=N–C) groups is 1. The molecule has 1 heterocycles. The van der Waals surface area contributed by atoms with E-state index in [1.807, 2.05) is 13.0 Å². The molecule has 2 N–H and O–H groups in total. The minimum Gasteiger partial charge on any atom is -0.355 e. The van der Waals surface area contributed by atoms with Crippen molar-refractivity contribution in [2.24, 2.45) is 4.99 Å². The summed E-state index contributed by atoms with van der Waals surface area (Å²) in [5.74, 6) is 2.29. The third-order valence-corrected chi connectivity index (χ3v) is 7.59. The topological polar surface area (TPSA) is 73.8 Å². The van der Waals surface area contributed by atoms with Crippen LogP contribution in [-0.2, 0) is 10.0 Å². The molecule has 1 fully saturated rings. The van der Waals surface area contributed by atoms with E-state index in [4.69, 9.17) is 23.2 Å². The molecule has 0 aromatic heterocycles. The second-order valence-corrected chi connectivity index (χ2v) is 9.99. The first-order chi connectivity index (χ1) is 12.3. The average molecular weight is 567 g/mol. The van der Waals surface area contributed by atoms with E-state index in [1.165, 1.54) is 0 Å². The van der Waals surface area contributed by atoms with Crippen LogP contribution in [0.4, 0.5) is 0 Å². The lowest BCUT2D eigenvalue weighted by Gasteiger charge is -2.26. The normalized spacial score (nSPS) is 17.1. The zero-order chi connectivity index (χ0) is 19.2. The van der Waals surface area contributed by atoms with Crippen molar-refractivity contribution in [2.45, 2.75) is 13.0 Å². The molecule has 0 bridgehead atoms. The molecule has 11 heteroatoms. The monoisotopic (exact) mass is 566 g/mol. The summed E-state index contributed by atoms with van der Waals surface area (Å²) in [4.78, 5) is 4.15. The molecule has 27 heavy (non-hydrogen) atoms. The average Bonchev–Trinajstić information content (AvgIpc) is 2.63. The van der Waals surface area contributed by atoms with Gasteiger partial charge in [0, 0.05) is 38.2 Å². The molecule has 1 unspecified atom stereocenters. The SMILES string of the molecule is CN=C(NCCS(=O)(=O)N1CCSCC1)NC(C)c1ccc(Cl)c(Cl)c1.I. The highest BCUT2D eigenvalue weighted by atomic mass is 127. The largest absolute Gasteiger partial charge is 0.355 e. The Kier molecular flexibility index (Phi) is 11.1. The number of guanidine groups is 1. The van der Waals surface area contributed by atoms with Crippen molar-refractivity contribution in [3.05, 3.63) is 33.8 Å². The van der Waals surface area contributed by atoms with Crippen molar-refractivity contribution in [3.8, 4) is 0 Å². The summed E-state index contributed by atoms with van der Waals surface area (Å²) in [6.45, 7) is 3.44. The maximum Gasteiger partial charge on any atom is 0.215 e. The van der Waals surface area contributed by atoms with Gasteiger partial charge in [-0.15, -0.1) is 24.0 Å². The second kappa shape index (κ2) is 11.9. The molecule has 0 saturated carbocycles. The fourth-order valence-corrected chi connectivity index (χ4v) is 5.31. The zero-order valence-electron chi connectivity index (χ0n) is 15.2. The lowest BCUT2D eigenvalue weighted by molar-refractivity contribution is 0.443. The van der Waals surface area contributed by atoms with E-state index in [2.05, 4.69) is 15.6 Å². The van der Waals surface area contributed by atoms with Gasteiger partial charge in [-0.25, -0.2) is 12.7 Å². The first-order valence-corrected chi connectivity index (χ1v) is 11.8. The van der Waals surface area contributed by atoms with E-state index in [-0.39, 0.29) is 35.8 Å². The third-order valence-electron chi connectivity index (χ3n) is 4.04. The summed E-state index contributed by atoms with van der Waals surface area (Å²) in [7, 11) is -1.59. The van der Waals surface area contributed by atoms with Gasteiger partial charge in [0.2, 0.25) is 10.0 Å². The van der Waals surface area contributed by atoms with Crippen molar-refractivity contribution in [1.29, 1.82) is 0 Å². The fourth-order valence-electron chi connectivity index (χ4n) is 2.52. The number of rotatable bonds is 6. The van der Waals surface area contributed by atoms with Gasteiger partial charge in [-0.2, -0.15) is 11.8 Å². The molecular weight excluding hydrogens is 542 g/mol. The predicted octanol–water partition coefficient (Wildman–Crippen LogP) is 3.22. The standard InChI is InChI=1S/C16H24Cl2N4O2S2.HI/c1-12(13-3-4-14(17)15(18)11-13)21-16(19-2)20-5-10-26(23,24)22-6-8-25-9-7-22;/h3-4,11-12H,5-10H2,1-2H3,(H2,19,20,21);1H. The van der Waals surface area contributed by atoms with Crippen LogP contribution < -0.4 is 10.6 Å². The molecule has 1 aromatic rings. The van der Waals surface area contributed by atoms with Crippen LogP contribution in [0.5, 0.6) is 0 Å². The van der Waals surface area contributed by atoms with Crippen LogP contribution in [0, 0.1) is 0 Å². The Labute approximate surface area is 192 Å². The molecule has 0 amide bonds. The van der Waals surface area contributed by atoms with Gasteiger partial charge in [0.05, 0.1) is 21.8 Å². The van der Waals surface area contributed by atoms with Crippen LogP contribution in [0.1, 0.15) is 18.5 Å². The van der Waals surface area contributed by atoms with Crippen LogP contribution in [0.2, 0.25) is 10.0 Å². The Morgan fingerprint density at radius 1 is 1.30 bits per heavy atom. The summed E-state index contributed by atoms with van der Waals surface area (Å²) in [5, 5.41) is 7.28. The highest BCUT2D eigenvalue weighted by molar-refractivity contribution is 14.0.